The summed E-state index contributed by atoms with van der Waals surface area (Å²) in [5, 5.41) is 0. The van der Waals surface area contributed by atoms with E-state index < -0.39 is 0 Å². The molecule has 25 heavy (non-hydrogen) atoms. The number of nitrogens with zero attached hydrogens (tertiary/aromatic N) is 2. The summed E-state index contributed by atoms with van der Waals surface area (Å²) in [6.07, 6.45) is 3.22. The number of hydrogen-bond donors (Lipinski definition) is 0. The van der Waals surface area contributed by atoms with Crippen molar-refractivity contribution in [3.05, 3.63) is 29.8 Å². The van der Waals surface area contributed by atoms with Gasteiger partial charge < -0.3 is 14.5 Å². The fourth-order valence-corrected chi connectivity index (χ4v) is 4.02. The first-order valence-electron chi connectivity index (χ1n) is 9.19. The van der Waals surface area contributed by atoms with Gasteiger partial charge in [0.2, 0.25) is 11.8 Å². The van der Waals surface area contributed by atoms with Crippen LogP contribution in [0.2, 0.25) is 0 Å². The molecule has 0 bridgehead atoms. The van der Waals surface area contributed by atoms with Crippen molar-refractivity contribution in [1.82, 2.24) is 9.80 Å². The molecule has 2 amide bonds. The zero-order chi connectivity index (χ0) is 18.0. The number of amides is 2. The van der Waals surface area contributed by atoms with E-state index in [9.17, 15) is 9.59 Å². The molecule has 3 rings (SSSR count). The van der Waals surface area contributed by atoms with Crippen LogP contribution < -0.4 is 4.74 Å². The second kappa shape index (κ2) is 7.46. The first kappa shape index (κ1) is 17.8. The molecule has 1 aromatic carbocycles. The van der Waals surface area contributed by atoms with E-state index in [-0.39, 0.29) is 23.8 Å². The number of ether oxygens (including phenoxy) is 1. The molecule has 136 valence electrons. The molecule has 5 heteroatoms. The minimum Gasteiger partial charge on any atom is -0.497 e. The number of piperidine rings is 2. The zero-order valence-corrected chi connectivity index (χ0v) is 15.4. The van der Waals surface area contributed by atoms with Gasteiger partial charge in [0.25, 0.3) is 0 Å². The number of benzene rings is 1. The Bertz CT molecular complexity index is 620. The Balaban J connectivity index is 1.84. The minimum atomic E-state index is -0.195. The summed E-state index contributed by atoms with van der Waals surface area (Å²) in [5.41, 5.74) is 1.00. The van der Waals surface area contributed by atoms with Crippen LogP contribution in [0.4, 0.5) is 0 Å². The van der Waals surface area contributed by atoms with Crippen molar-refractivity contribution in [2.24, 2.45) is 11.8 Å². The topological polar surface area (TPSA) is 49.9 Å². The highest BCUT2D eigenvalue weighted by atomic mass is 16.5. The summed E-state index contributed by atoms with van der Waals surface area (Å²) in [7, 11) is 3.45. The molecule has 0 aliphatic carbocycles. The zero-order valence-electron chi connectivity index (χ0n) is 15.4. The lowest BCUT2D eigenvalue weighted by Crippen LogP contribution is -2.49. The molecule has 0 saturated carbocycles. The molecular formula is C20H28N2O3. The van der Waals surface area contributed by atoms with Crippen LogP contribution in [0.5, 0.6) is 5.75 Å². The summed E-state index contributed by atoms with van der Waals surface area (Å²) in [5.74, 6) is 1.62. The van der Waals surface area contributed by atoms with Crippen molar-refractivity contribution in [3.63, 3.8) is 0 Å². The quantitative estimate of drug-likeness (QED) is 0.847. The molecule has 2 aliphatic rings. The maximum atomic E-state index is 13.2. The van der Waals surface area contributed by atoms with Crippen LogP contribution in [-0.2, 0) is 9.59 Å². The Hall–Kier alpha value is -2.04. The maximum Gasteiger partial charge on any atom is 0.228 e. The van der Waals surface area contributed by atoms with E-state index in [0.717, 1.165) is 37.2 Å². The number of carbonyl (C=O) groups excluding carboxylic acids is 2. The number of hydrogen-bond acceptors (Lipinski definition) is 3. The third kappa shape index (κ3) is 3.65. The number of carbonyl (C=O) groups is 2. The molecule has 0 radical (unpaired) electrons. The van der Waals surface area contributed by atoms with E-state index in [4.69, 9.17) is 4.74 Å². The molecule has 2 heterocycles. The number of rotatable bonds is 3. The summed E-state index contributed by atoms with van der Waals surface area (Å²) >= 11 is 0. The van der Waals surface area contributed by atoms with Crippen molar-refractivity contribution in [2.45, 2.75) is 38.6 Å². The van der Waals surface area contributed by atoms with Crippen LogP contribution in [-0.4, -0.2) is 48.9 Å². The summed E-state index contributed by atoms with van der Waals surface area (Å²) in [6.45, 7) is 3.92. The first-order valence-corrected chi connectivity index (χ1v) is 9.19. The fourth-order valence-electron chi connectivity index (χ4n) is 4.02. The van der Waals surface area contributed by atoms with Crippen LogP contribution in [0, 0.1) is 11.8 Å². The van der Waals surface area contributed by atoms with E-state index in [1.54, 1.807) is 12.0 Å². The minimum absolute atomic E-state index is 0.108. The van der Waals surface area contributed by atoms with E-state index in [1.807, 2.05) is 36.2 Å². The molecule has 5 nitrogen and oxygen atoms in total. The summed E-state index contributed by atoms with van der Waals surface area (Å²) in [6, 6.07) is 7.53. The smallest absolute Gasteiger partial charge is 0.228 e. The highest BCUT2D eigenvalue weighted by molar-refractivity contribution is 5.85. The van der Waals surface area contributed by atoms with Gasteiger partial charge in [-0.2, -0.15) is 0 Å². The van der Waals surface area contributed by atoms with E-state index in [0.29, 0.717) is 18.8 Å². The van der Waals surface area contributed by atoms with Gasteiger partial charge in [0, 0.05) is 26.6 Å². The van der Waals surface area contributed by atoms with Gasteiger partial charge in [-0.05, 0) is 42.9 Å². The number of methoxy groups -OCH3 is 1. The van der Waals surface area contributed by atoms with Crippen molar-refractivity contribution >= 4 is 11.8 Å². The molecule has 2 fully saturated rings. The van der Waals surface area contributed by atoms with Crippen LogP contribution >= 0.6 is 0 Å². The Labute approximate surface area is 149 Å². The second-order valence-corrected chi connectivity index (χ2v) is 7.38. The SMILES string of the molecule is COc1ccc(C2C(C(=O)N3CCC(C)CC3)CCC(=O)N2C)cc1. The molecule has 2 unspecified atom stereocenters. The fraction of sp³-hybridized carbons (Fsp3) is 0.600. The lowest BCUT2D eigenvalue weighted by molar-refractivity contribution is -0.147. The van der Waals surface area contributed by atoms with Gasteiger partial charge in [-0.1, -0.05) is 19.1 Å². The van der Waals surface area contributed by atoms with Gasteiger partial charge in [0.15, 0.2) is 0 Å². The molecule has 0 N–H and O–H groups in total. The van der Waals surface area contributed by atoms with Crippen LogP contribution in [0.1, 0.15) is 44.2 Å². The van der Waals surface area contributed by atoms with Crippen LogP contribution in [0.15, 0.2) is 24.3 Å². The second-order valence-electron chi connectivity index (χ2n) is 7.38. The lowest BCUT2D eigenvalue weighted by Gasteiger charge is -2.41. The third-order valence-corrected chi connectivity index (χ3v) is 5.73. The van der Waals surface area contributed by atoms with Crippen molar-refractivity contribution < 1.29 is 14.3 Å². The van der Waals surface area contributed by atoms with Gasteiger partial charge in [-0.15, -0.1) is 0 Å². The summed E-state index contributed by atoms with van der Waals surface area (Å²) < 4.78 is 5.23. The molecule has 1 aromatic rings. The van der Waals surface area contributed by atoms with Gasteiger partial charge >= 0.3 is 0 Å². The van der Waals surface area contributed by atoms with Crippen molar-refractivity contribution in [2.75, 3.05) is 27.2 Å². The molecule has 0 spiro atoms. The standard InChI is InChI=1S/C20H28N2O3/c1-14-10-12-22(13-11-14)20(24)17-8-9-18(23)21(2)19(17)15-4-6-16(25-3)7-5-15/h4-7,14,17,19H,8-13H2,1-3H3. The Morgan fingerprint density at radius 2 is 1.76 bits per heavy atom. The molecular weight excluding hydrogens is 316 g/mol. The largest absolute Gasteiger partial charge is 0.497 e. The average Bonchev–Trinajstić information content (AvgIpc) is 2.64. The average molecular weight is 344 g/mol. The van der Waals surface area contributed by atoms with E-state index >= 15 is 0 Å². The Morgan fingerprint density at radius 3 is 2.36 bits per heavy atom. The maximum absolute atomic E-state index is 13.2. The molecule has 2 aliphatic heterocycles. The highest BCUT2D eigenvalue weighted by Crippen LogP contribution is 2.38. The normalized spacial score (nSPS) is 25.2. The van der Waals surface area contributed by atoms with Crippen molar-refractivity contribution in [1.29, 1.82) is 0 Å². The van der Waals surface area contributed by atoms with Crippen molar-refractivity contribution in [3.8, 4) is 5.75 Å². The molecule has 0 aromatic heterocycles. The lowest BCUT2D eigenvalue weighted by atomic mass is 9.83. The first-order chi connectivity index (χ1) is 12.0. The van der Waals surface area contributed by atoms with Gasteiger partial charge in [0.1, 0.15) is 5.75 Å². The monoisotopic (exact) mass is 344 g/mol. The third-order valence-electron chi connectivity index (χ3n) is 5.73. The predicted molar refractivity (Wildman–Crippen MR) is 96.2 cm³/mol. The molecule has 2 atom stereocenters. The predicted octanol–water partition coefficient (Wildman–Crippen LogP) is 2.86. The van der Waals surface area contributed by atoms with Crippen LogP contribution in [0.3, 0.4) is 0 Å². The van der Waals surface area contributed by atoms with Gasteiger partial charge in [0.05, 0.1) is 19.1 Å². The highest BCUT2D eigenvalue weighted by Gasteiger charge is 2.40. The summed E-state index contributed by atoms with van der Waals surface area (Å²) in [4.78, 5) is 29.2. The van der Waals surface area contributed by atoms with E-state index in [2.05, 4.69) is 6.92 Å². The van der Waals surface area contributed by atoms with E-state index in [1.165, 1.54) is 0 Å². The van der Waals surface area contributed by atoms with Gasteiger partial charge in [-0.25, -0.2) is 0 Å². The number of likely N-dealkylation sites (tertiary alicyclic amines) is 2. The Kier molecular flexibility index (Phi) is 5.30. The van der Waals surface area contributed by atoms with Crippen LogP contribution in [0.25, 0.3) is 0 Å². The molecule has 2 saturated heterocycles. The Morgan fingerprint density at radius 1 is 1.12 bits per heavy atom. The van der Waals surface area contributed by atoms with Gasteiger partial charge in [-0.3, -0.25) is 9.59 Å².